The van der Waals surface area contributed by atoms with Crippen molar-refractivity contribution in [2.24, 2.45) is 0 Å². The van der Waals surface area contributed by atoms with Gasteiger partial charge < -0.3 is 30.5 Å². The van der Waals surface area contributed by atoms with Crippen molar-refractivity contribution in [1.29, 1.82) is 0 Å². The smallest absolute Gasteiger partial charge is 0.233 e. The Morgan fingerprint density at radius 3 is 1.61 bits per heavy atom. The van der Waals surface area contributed by atoms with Gasteiger partial charge in [-0.15, -0.1) is 22.7 Å². The molecule has 228 valence electrons. The van der Waals surface area contributed by atoms with E-state index in [1.165, 1.54) is 22.7 Å². The van der Waals surface area contributed by atoms with E-state index in [1.807, 2.05) is 65.6 Å². The van der Waals surface area contributed by atoms with E-state index in [0.717, 1.165) is 20.4 Å². The van der Waals surface area contributed by atoms with Crippen LogP contribution in [0.4, 0.5) is 29.2 Å². The van der Waals surface area contributed by atoms with Crippen molar-refractivity contribution in [2.45, 2.75) is 0 Å². The Bertz CT molecular complexity index is 2000. The van der Waals surface area contributed by atoms with Gasteiger partial charge in [-0.1, -0.05) is 24.3 Å². The number of para-hydroxylation sites is 2. The van der Waals surface area contributed by atoms with Crippen LogP contribution in [0.3, 0.4) is 0 Å². The van der Waals surface area contributed by atoms with Crippen molar-refractivity contribution in [3.8, 4) is 32.6 Å². The molecule has 13 heteroatoms. The van der Waals surface area contributed by atoms with Crippen molar-refractivity contribution in [3.05, 3.63) is 84.9 Å². The molecule has 0 bridgehead atoms. The molecular formula is C33H26N8O3S2. The molecule has 0 radical (unpaired) electrons. The molecule has 4 aromatic carbocycles. The number of anilines is 5. The highest BCUT2D eigenvalue weighted by Crippen LogP contribution is 2.39. The molecule has 7 aromatic rings. The molecule has 1 fully saturated rings. The molecule has 0 atom stereocenters. The number of phenols is 2. The molecule has 0 saturated carbocycles. The number of rotatable bonds is 7. The van der Waals surface area contributed by atoms with E-state index >= 15 is 0 Å². The number of benzene rings is 4. The zero-order chi connectivity index (χ0) is 31.0. The third-order valence-electron chi connectivity index (χ3n) is 7.47. The first-order chi connectivity index (χ1) is 22.6. The zero-order valence-electron chi connectivity index (χ0n) is 24.2. The number of morpholine rings is 1. The first kappa shape index (κ1) is 28.1. The molecule has 11 nitrogen and oxygen atoms in total. The monoisotopic (exact) mass is 646 g/mol. The second kappa shape index (κ2) is 11.9. The Morgan fingerprint density at radius 1 is 0.609 bits per heavy atom. The molecule has 0 amide bonds. The molecule has 8 rings (SSSR count). The fraction of sp³-hybridized carbons (Fsp3) is 0.121. The van der Waals surface area contributed by atoms with Gasteiger partial charge in [0.15, 0.2) is 0 Å². The van der Waals surface area contributed by atoms with Crippen molar-refractivity contribution in [1.82, 2.24) is 24.9 Å². The quantitative estimate of drug-likeness (QED) is 0.131. The molecule has 0 unspecified atom stereocenters. The second-order valence-electron chi connectivity index (χ2n) is 10.6. The molecule has 1 aliphatic rings. The maximum absolute atomic E-state index is 10.7. The van der Waals surface area contributed by atoms with Crippen LogP contribution in [-0.4, -0.2) is 61.4 Å². The maximum atomic E-state index is 10.7. The molecule has 3 aromatic heterocycles. The van der Waals surface area contributed by atoms with Crippen LogP contribution in [0.5, 0.6) is 11.5 Å². The van der Waals surface area contributed by atoms with Crippen LogP contribution in [0.2, 0.25) is 0 Å². The predicted molar refractivity (Wildman–Crippen MR) is 183 cm³/mol. The summed E-state index contributed by atoms with van der Waals surface area (Å²) in [6.45, 7) is 2.43. The Labute approximate surface area is 270 Å². The number of aromatic nitrogens is 5. The van der Waals surface area contributed by atoms with Gasteiger partial charge in [0.2, 0.25) is 17.8 Å². The molecule has 4 heterocycles. The zero-order valence-corrected chi connectivity index (χ0v) is 25.8. The van der Waals surface area contributed by atoms with E-state index in [-0.39, 0.29) is 11.5 Å². The van der Waals surface area contributed by atoms with Gasteiger partial charge in [-0.3, -0.25) is 0 Å². The van der Waals surface area contributed by atoms with Crippen LogP contribution in [0.25, 0.3) is 41.6 Å². The van der Waals surface area contributed by atoms with Gasteiger partial charge >= 0.3 is 0 Å². The lowest BCUT2D eigenvalue weighted by atomic mass is 10.2. The minimum atomic E-state index is 0.132. The normalized spacial score (nSPS) is 13.3. The number of ether oxygens (including phenoxy) is 1. The highest BCUT2D eigenvalue weighted by Gasteiger charge is 2.19. The third kappa shape index (κ3) is 5.62. The van der Waals surface area contributed by atoms with Crippen LogP contribution >= 0.6 is 22.7 Å². The molecule has 46 heavy (non-hydrogen) atoms. The average Bonchev–Trinajstić information content (AvgIpc) is 3.71. The largest absolute Gasteiger partial charge is 0.507 e. The molecule has 4 N–H and O–H groups in total. The SMILES string of the molecule is Oc1ccc(Nc2nc(Nc3ccc(O)c(-c4nc5ccccc5s4)c3)nc(N3CCOCC3)n2)cc1-c1nc2ccccc2s1. The minimum absolute atomic E-state index is 0.132. The van der Waals surface area contributed by atoms with Crippen LogP contribution in [0.1, 0.15) is 0 Å². The third-order valence-corrected chi connectivity index (χ3v) is 9.61. The van der Waals surface area contributed by atoms with E-state index in [4.69, 9.17) is 24.7 Å². The summed E-state index contributed by atoms with van der Waals surface area (Å²) in [6.07, 6.45) is 0. The van der Waals surface area contributed by atoms with Gasteiger partial charge in [0.1, 0.15) is 21.5 Å². The highest BCUT2D eigenvalue weighted by molar-refractivity contribution is 7.22. The lowest BCUT2D eigenvalue weighted by Crippen LogP contribution is -2.37. The first-order valence-electron chi connectivity index (χ1n) is 14.6. The summed E-state index contributed by atoms with van der Waals surface area (Å²) in [5.74, 6) is 1.41. The number of nitrogens with one attached hydrogen (secondary N) is 2. The van der Waals surface area contributed by atoms with Gasteiger partial charge in [-0.05, 0) is 60.7 Å². The van der Waals surface area contributed by atoms with Gasteiger partial charge in [0.05, 0.1) is 44.8 Å². The van der Waals surface area contributed by atoms with Crippen LogP contribution in [-0.2, 0) is 4.74 Å². The summed E-state index contributed by atoms with van der Waals surface area (Å²) < 4.78 is 7.63. The summed E-state index contributed by atoms with van der Waals surface area (Å²) in [7, 11) is 0. The Hall–Kier alpha value is -5.37. The van der Waals surface area contributed by atoms with Gasteiger partial charge in [-0.2, -0.15) is 15.0 Å². The Balaban J connectivity index is 1.12. The van der Waals surface area contributed by atoms with Gasteiger partial charge in [0, 0.05) is 24.5 Å². The van der Waals surface area contributed by atoms with Crippen LogP contribution < -0.4 is 15.5 Å². The number of phenolic OH excluding ortho intramolecular Hbond substituents is 2. The van der Waals surface area contributed by atoms with Crippen molar-refractivity contribution in [3.63, 3.8) is 0 Å². The fourth-order valence-electron chi connectivity index (χ4n) is 5.18. The number of hydrogen-bond donors (Lipinski definition) is 4. The lowest BCUT2D eigenvalue weighted by molar-refractivity contribution is 0.122. The van der Waals surface area contributed by atoms with Gasteiger partial charge in [-0.25, -0.2) is 9.97 Å². The molecule has 0 spiro atoms. The maximum Gasteiger partial charge on any atom is 0.233 e. The molecule has 0 aliphatic carbocycles. The highest BCUT2D eigenvalue weighted by atomic mass is 32.1. The van der Waals surface area contributed by atoms with E-state index < -0.39 is 0 Å². The van der Waals surface area contributed by atoms with E-state index in [9.17, 15) is 10.2 Å². The number of thiazole rings is 2. The fourth-order valence-corrected chi connectivity index (χ4v) is 7.17. The number of nitrogens with zero attached hydrogens (tertiary/aromatic N) is 6. The average molecular weight is 647 g/mol. The standard InChI is InChI=1S/C33H26N8O3S2/c42-25-11-9-19(17-21(25)29-36-23-5-1-3-7-27(23)45-29)34-31-38-32(40-33(39-31)41-13-15-44-16-14-41)35-20-10-12-26(43)22(18-20)30-37-24-6-2-4-8-28(24)46-30/h1-12,17-18,42-43H,13-16H2,(H2,34,35,38,39,40). The van der Waals surface area contributed by atoms with Crippen LogP contribution in [0.15, 0.2) is 84.9 Å². The second-order valence-corrected chi connectivity index (χ2v) is 12.6. The summed E-state index contributed by atoms with van der Waals surface area (Å²) in [4.78, 5) is 25.6. The molecule has 1 saturated heterocycles. The van der Waals surface area contributed by atoms with E-state index in [1.54, 1.807) is 24.3 Å². The molecule has 1 aliphatic heterocycles. The Kier molecular flexibility index (Phi) is 7.25. The summed E-state index contributed by atoms with van der Waals surface area (Å²) in [5, 5.41) is 29.5. The van der Waals surface area contributed by atoms with Crippen molar-refractivity contribution in [2.75, 3.05) is 41.8 Å². The summed E-state index contributed by atoms with van der Waals surface area (Å²) in [5.41, 5.74) is 4.34. The minimum Gasteiger partial charge on any atom is -0.507 e. The summed E-state index contributed by atoms with van der Waals surface area (Å²) in [6, 6.07) is 26.2. The first-order valence-corrected chi connectivity index (χ1v) is 16.2. The van der Waals surface area contributed by atoms with Crippen molar-refractivity contribution < 1.29 is 14.9 Å². The predicted octanol–water partition coefficient (Wildman–Crippen LogP) is 7.16. The number of aromatic hydroxyl groups is 2. The van der Waals surface area contributed by atoms with E-state index in [0.29, 0.717) is 76.7 Å². The van der Waals surface area contributed by atoms with Crippen molar-refractivity contribution >= 4 is 72.3 Å². The summed E-state index contributed by atoms with van der Waals surface area (Å²) >= 11 is 3.03. The number of hydrogen-bond acceptors (Lipinski definition) is 13. The topological polar surface area (TPSA) is 141 Å². The molecular weight excluding hydrogens is 621 g/mol. The van der Waals surface area contributed by atoms with Crippen LogP contribution in [0, 0.1) is 0 Å². The van der Waals surface area contributed by atoms with E-state index in [2.05, 4.69) is 15.6 Å². The van der Waals surface area contributed by atoms with Gasteiger partial charge in [0.25, 0.3) is 0 Å². The lowest BCUT2D eigenvalue weighted by Gasteiger charge is -2.27. The number of fused-ring (bicyclic) bond motifs is 2. The Morgan fingerprint density at radius 2 is 1.11 bits per heavy atom.